The lowest BCUT2D eigenvalue weighted by Crippen LogP contribution is -2.29. The van der Waals surface area contributed by atoms with Crippen molar-refractivity contribution in [3.8, 4) is 28.7 Å². The van der Waals surface area contributed by atoms with Crippen molar-refractivity contribution in [3.63, 3.8) is 0 Å². The topological polar surface area (TPSA) is 96.2 Å². The molecule has 6 heteroatoms. The van der Waals surface area contributed by atoms with E-state index >= 15 is 0 Å². The minimum Gasteiger partial charge on any atom is -0.506 e. The molecular weight excluding hydrogens is 396 g/mol. The van der Waals surface area contributed by atoms with Crippen molar-refractivity contribution in [2.24, 2.45) is 0 Å². The molecule has 1 atom stereocenters. The average molecular weight is 422 g/mol. The molecule has 2 aliphatic heterocycles. The zero-order valence-corrected chi connectivity index (χ0v) is 18.0. The van der Waals surface area contributed by atoms with Gasteiger partial charge in [0.2, 0.25) is 0 Å². The fourth-order valence-electron chi connectivity index (χ4n) is 3.88. The van der Waals surface area contributed by atoms with Crippen LogP contribution in [0, 0.1) is 0 Å². The average Bonchev–Trinajstić information content (AvgIpc) is 2.68. The van der Waals surface area contributed by atoms with Crippen LogP contribution in [0.15, 0.2) is 35.9 Å². The largest absolute Gasteiger partial charge is 0.506 e. The van der Waals surface area contributed by atoms with E-state index in [1.807, 2.05) is 39.8 Å². The highest BCUT2D eigenvalue weighted by atomic mass is 16.5. The van der Waals surface area contributed by atoms with Crippen LogP contribution in [0.1, 0.15) is 67.3 Å². The Labute approximate surface area is 181 Å². The van der Waals surface area contributed by atoms with E-state index in [0.29, 0.717) is 34.6 Å². The van der Waals surface area contributed by atoms with Crippen molar-refractivity contribution in [1.82, 2.24) is 0 Å². The van der Waals surface area contributed by atoms with Crippen LogP contribution < -0.4 is 9.47 Å². The molecule has 0 aromatic heterocycles. The number of aromatic hydroxyl groups is 3. The lowest BCUT2D eigenvalue weighted by Gasteiger charge is -2.34. The summed E-state index contributed by atoms with van der Waals surface area (Å²) in [4.78, 5) is 13.1. The van der Waals surface area contributed by atoms with Crippen molar-refractivity contribution in [3.05, 3.63) is 58.2 Å². The van der Waals surface area contributed by atoms with Crippen LogP contribution in [0.5, 0.6) is 28.7 Å². The summed E-state index contributed by atoms with van der Waals surface area (Å²) < 4.78 is 12.5. The molecule has 6 nitrogen and oxygen atoms in total. The standard InChI is InChI=1S/C25H26O6/c1-13(2)5-7-16-23-15(9-10-25(3,4)31-23)22(29)21-19(28)12-20(30-24(16)21)14-6-8-17(26)18(27)11-14/h5-6,8-11,20,26-27,29H,7,12H2,1-4H3/t20-/m0/s1. The van der Waals surface area contributed by atoms with Gasteiger partial charge in [0, 0.05) is 5.56 Å². The van der Waals surface area contributed by atoms with E-state index in [0.717, 1.165) is 5.57 Å². The zero-order valence-electron chi connectivity index (χ0n) is 18.0. The third kappa shape index (κ3) is 3.74. The number of Topliss-reactive ketones (excluding diaryl/α,β-unsaturated/α-hetero) is 1. The SMILES string of the molecule is CC(C)=CCc1c2c(c(O)c3c1O[C@H](c1ccc(O)c(O)c1)CC3=O)C=CC(C)(C)O2. The number of phenolic OH excluding ortho intramolecular Hbond substituents is 3. The van der Waals surface area contributed by atoms with Gasteiger partial charge in [-0.1, -0.05) is 17.7 Å². The van der Waals surface area contributed by atoms with Gasteiger partial charge in [-0.3, -0.25) is 4.79 Å². The number of rotatable bonds is 3. The van der Waals surface area contributed by atoms with Crippen molar-refractivity contribution < 1.29 is 29.6 Å². The third-order valence-corrected chi connectivity index (χ3v) is 5.52. The molecule has 0 radical (unpaired) electrons. The Morgan fingerprint density at radius 1 is 1.16 bits per heavy atom. The number of carbonyl (C=O) groups excluding carboxylic acids is 1. The van der Waals surface area contributed by atoms with Gasteiger partial charge in [0.05, 0.1) is 12.0 Å². The molecule has 162 valence electrons. The molecule has 2 aliphatic rings. The van der Waals surface area contributed by atoms with E-state index in [1.54, 1.807) is 12.1 Å². The quantitative estimate of drug-likeness (QED) is 0.465. The maximum Gasteiger partial charge on any atom is 0.174 e. The summed E-state index contributed by atoms with van der Waals surface area (Å²) >= 11 is 0. The first-order valence-electron chi connectivity index (χ1n) is 10.2. The molecule has 4 rings (SSSR count). The lowest BCUT2D eigenvalue weighted by atomic mass is 9.88. The van der Waals surface area contributed by atoms with Gasteiger partial charge in [-0.2, -0.15) is 0 Å². The first-order chi connectivity index (χ1) is 14.6. The van der Waals surface area contributed by atoms with Gasteiger partial charge in [-0.15, -0.1) is 0 Å². The minimum absolute atomic E-state index is 0.00170. The molecule has 3 N–H and O–H groups in total. The van der Waals surface area contributed by atoms with E-state index in [4.69, 9.17) is 9.47 Å². The summed E-state index contributed by atoms with van der Waals surface area (Å²) in [6, 6.07) is 4.35. The van der Waals surface area contributed by atoms with E-state index in [9.17, 15) is 20.1 Å². The summed E-state index contributed by atoms with van der Waals surface area (Å²) in [6.07, 6.45) is 5.47. The van der Waals surface area contributed by atoms with Crippen molar-refractivity contribution in [2.75, 3.05) is 0 Å². The van der Waals surface area contributed by atoms with Crippen molar-refractivity contribution in [1.29, 1.82) is 0 Å². The van der Waals surface area contributed by atoms with E-state index in [1.165, 1.54) is 12.1 Å². The summed E-state index contributed by atoms with van der Waals surface area (Å²) in [7, 11) is 0. The molecule has 0 unspecified atom stereocenters. The highest BCUT2D eigenvalue weighted by molar-refractivity contribution is 6.05. The van der Waals surface area contributed by atoms with Crippen LogP contribution in [-0.2, 0) is 6.42 Å². The molecule has 0 fully saturated rings. The van der Waals surface area contributed by atoms with Crippen LogP contribution in [0.3, 0.4) is 0 Å². The molecule has 0 saturated heterocycles. The number of ketones is 1. The van der Waals surface area contributed by atoms with Crippen LogP contribution in [0.25, 0.3) is 6.08 Å². The van der Waals surface area contributed by atoms with E-state index in [-0.39, 0.29) is 35.0 Å². The Balaban J connectivity index is 1.90. The summed E-state index contributed by atoms with van der Waals surface area (Å²) in [6.45, 7) is 7.80. The van der Waals surface area contributed by atoms with Crippen molar-refractivity contribution >= 4 is 11.9 Å². The molecule has 2 aromatic rings. The van der Waals surface area contributed by atoms with Crippen LogP contribution in [-0.4, -0.2) is 26.7 Å². The van der Waals surface area contributed by atoms with E-state index < -0.39 is 11.7 Å². The van der Waals surface area contributed by atoms with Crippen molar-refractivity contribution in [2.45, 2.75) is 52.2 Å². The minimum atomic E-state index is -0.665. The normalized spacial score (nSPS) is 18.5. The molecular formula is C25H26O6. The van der Waals surface area contributed by atoms with Crippen LogP contribution in [0.4, 0.5) is 0 Å². The monoisotopic (exact) mass is 422 g/mol. The Morgan fingerprint density at radius 3 is 2.58 bits per heavy atom. The molecule has 31 heavy (non-hydrogen) atoms. The maximum atomic E-state index is 13.1. The molecule has 0 saturated carbocycles. The van der Waals surface area contributed by atoms with Gasteiger partial charge in [-0.25, -0.2) is 0 Å². The second kappa shape index (κ2) is 7.38. The highest BCUT2D eigenvalue weighted by Crippen LogP contribution is 2.51. The number of phenols is 3. The van der Waals surface area contributed by atoms with Gasteiger partial charge >= 0.3 is 0 Å². The summed E-state index contributed by atoms with van der Waals surface area (Å²) in [5.74, 6) is -0.125. The van der Waals surface area contributed by atoms with Gasteiger partial charge in [0.25, 0.3) is 0 Å². The molecule has 0 bridgehead atoms. The van der Waals surface area contributed by atoms with Crippen LogP contribution >= 0.6 is 0 Å². The third-order valence-electron chi connectivity index (χ3n) is 5.52. The van der Waals surface area contributed by atoms with Gasteiger partial charge < -0.3 is 24.8 Å². The predicted octanol–water partition coefficient (Wildman–Crippen LogP) is 5.20. The predicted molar refractivity (Wildman–Crippen MR) is 117 cm³/mol. The second-order valence-electron chi connectivity index (χ2n) is 8.78. The fraction of sp³-hybridized carbons (Fsp3) is 0.320. The Bertz CT molecular complexity index is 1140. The number of fused-ring (bicyclic) bond motifs is 2. The Hall–Kier alpha value is -3.41. The number of allylic oxidation sites excluding steroid dienone is 2. The molecule has 0 spiro atoms. The van der Waals surface area contributed by atoms with Gasteiger partial charge in [0.15, 0.2) is 17.3 Å². The Kier molecular flexibility index (Phi) is 4.96. The van der Waals surface area contributed by atoms with E-state index in [2.05, 4.69) is 0 Å². The number of hydrogen-bond donors (Lipinski definition) is 3. The first kappa shape index (κ1) is 20.8. The molecule has 2 heterocycles. The van der Waals surface area contributed by atoms with Gasteiger partial charge in [0.1, 0.15) is 34.5 Å². The summed E-state index contributed by atoms with van der Waals surface area (Å²) in [5, 5.41) is 30.4. The fourth-order valence-corrected chi connectivity index (χ4v) is 3.88. The maximum absolute atomic E-state index is 13.1. The second-order valence-corrected chi connectivity index (χ2v) is 8.78. The number of benzene rings is 2. The Morgan fingerprint density at radius 2 is 1.90 bits per heavy atom. The number of hydrogen-bond acceptors (Lipinski definition) is 6. The number of ether oxygens (including phenoxy) is 2. The molecule has 0 amide bonds. The lowest BCUT2D eigenvalue weighted by molar-refractivity contribution is 0.0839. The van der Waals surface area contributed by atoms with Crippen LogP contribution in [0.2, 0.25) is 0 Å². The van der Waals surface area contributed by atoms with Gasteiger partial charge in [-0.05, 0) is 64.0 Å². The molecule has 2 aromatic carbocycles. The highest BCUT2D eigenvalue weighted by Gasteiger charge is 2.38. The zero-order chi connectivity index (χ0) is 22.5. The number of carbonyl (C=O) groups is 1. The summed E-state index contributed by atoms with van der Waals surface area (Å²) in [5.41, 5.74) is 2.41. The first-order valence-corrected chi connectivity index (χ1v) is 10.2. The smallest absolute Gasteiger partial charge is 0.174 e. The molecule has 0 aliphatic carbocycles.